The van der Waals surface area contributed by atoms with Crippen molar-refractivity contribution in [3.8, 4) is 23.0 Å². The number of ketones is 1. The standard InChI is InChI=1S/C33H40O13/c1-15(8-25-20(36)5-3-16(2)44-25)7-18-9-17(4-6-19(18)35)24-11-23(39)30-21(37)10-22(38)31(33(30)46-24)26-12-27(43-14-29(40)41)32(42)28(13-34)45-26/h4,6,9-10,16,20,24-28,32,34-38,42H,1,3,5,7-8,11-14H2,2H3,(H,40,41)/t16-,20?,24?,25?,26?,27?,28?,32?/m0/s1. The third-order valence-electron chi connectivity index (χ3n) is 8.77. The molecule has 5 rings (SSSR count). The molecule has 0 aromatic heterocycles. The van der Waals surface area contributed by atoms with E-state index in [0.29, 0.717) is 24.0 Å². The van der Waals surface area contributed by atoms with Crippen molar-refractivity contribution < 1.29 is 64.3 Å². The van der Waals surface area contributed by atoms with Crippen molar-refractivity contribution in [3.05, 3.63) is 58.7 Å². The predicted molar refractivity (Wildman–Crippen MR) is 160 cm³/mol. The van der Waals surface area contributed by atoms with Gasteiger partial charge in [-0.1, -0.05) is 18.2 Å². The molecule has 13 heteroatoms. The number of Topliss-reactive ketones (excluding diaryl/α,β-unsaturated/α-hetero) is 1. The molecule has 2 saturated heterocycles. The summed E-state index contributed by atoms with van der Waals surface area (Å²) in [5.41, 5.74) is 1.54. The Balaban J connectivity index is 1.41. The van der Waals surface area contributed by atoms with E-state index in [9.17, 15) is 40.2 Å². The topological polar surface area (TPSA) is 213 Å². The number of aliphatic hydroxyl groups is 3. The number of aliphatic hydroxyl groups excluding tert-OH is 3. The molecule has 0 saturated carbocycles. The minimum absolute atomic E-state index is 0.00138. The van der Waals surface area contributed by atoms with Crippen molar-refractivity contribution in [2.24, 2.45) is 0 Å². The van der Waals surface area contributed by atoms with Crippen LogP contribution in [0, 0.1) is 0 Å². The Morgan fingerprint density at radius 2 is 1.78 bits per heavy atom. The second kappa shape index (κ2) is 14.0. The van der Waals surface area contributed by atoms with Crippen molar-refractivity contribution in [2.75, 3.05) is 13.2 Å². The number of hydrogen-bond acceptors (Lipinski definition) is 12. The van der Waals surface area contributed by atoms with Crippen LogP contribution in [0.15, 0.2) is 36.4 Å². The lowest BCUT2D eigenvalue weighted by Gasteiger charge is -2.40. The third-order valence-corrected chi connectivity index (χ3v) is 8.77. The van der Waals surface area contributed by atoms with Gasteiger partial charge in [-0.3, -0.25) is 4.79 Å². The van der Waals surface area contributed by atoms with Crippen LogP contribution in [0.25, 0.3) is 0 Å². The summed E-state index contributed by atoms with van der Waals surface area (Å²) in [7, 11) is 0. The molecule has 0 spiro atoms. The van der Waals surface area contributed by atoms with Gasteiger partial charge in [-0.15, -0.1) is 0 Å². The quantitative estimate of drug-likeness (QED) is 0.186. The number of carbonyl (C=O) groups excluding carboxylic acids is 1. The number of fused-ring (bicyclic) bond motifs is 1. The summed E-state index contributed by atoms with van der Waals surface area (Å²) < 4.78 is 23.4. The van der Waals surface area contributed by atoms with Crippen LogP contribution < -0.4 is 4.74 Å². The lowest BCUT2D eigenvalue weighted by atomic mass is 9.87. The molecule has 2 aromatic rings. The number of phenols is 3. The fraction of sp³-hybridized carbons (Fsp3) is 0.515. The Morgan fingerprint density at radius 1 is 1.02 bits per heavy atom. The Labute approximate surface area is 265 Å². The molecule has 8 atom stereocenters. The zero-order chi connectivity index (χ0) is 33.3. The van der Waals surface area contributed by atoms with Crippen LogP contribution in [-0.2, 0) is 25.4 Å². The van der Waals surface area contributed by atoms with Gasteiger partial charge >= 0.3 is 5.97 Å². The van der Waals surface area contributed by atoms with Crippen LogP contribution in [-0.4, -0.2) is 97.3 Å². The molecule has 3 aliphatic rings. The van der Waals surface area contributed by atoms with E-state index in [1.165, 1.54) is 6.07 Å². The highest BCUT2D eigenvalue weighted by atomic mass is 16.6. The lowest BCUT2D eigenvalue weighted by molar-refractivity contribution is -0.199. The SMILES string of the molecule is C=C(Cc1cc(C2CC(=O)c3c(O)cc(O)c(C4CC(OCC(=O)O)C(O)C(CO)O4)c3O2)ccc1O)CC1O[C@@H](C)CCC1O. The second-order valence-corrected chi connectivity index (χ2v) is 12.2. The van der Waals surface area contributed by atoms with Crippen LogP contribution in [0.2, 0.25) is 0 Å². The van der Waals surface area contributed by atoms with E-state index in [-0.39, 0.29) is 48.0 Å². The Kier molecular flexibility index (Phi) is 10.2. The van der Waals surface area contributed by atoms with Gasteiger partial charge in [-0.05, 0) is 55.9 Å². The number of rotatable bonds is 10. The average Bonchev–Trinajstić information content (AvgIpc) is 2.99. The maximum absolute atomic E-state index is 13.4. The van der Waals surface area contributed by atoms with Gasteiger partial charge in [0.15, 0.2) is 5.78 Å². The number of hydrogen-bond donors (Lipinski definition) is 7. The first-order valence-electron chi connectivity index (χ1n) is 15.2. The second-order valence-electron chi connectivity index (χ2n) is 12.2. The fourth-order valence-corrected chi connectivity index (χ4v) is 6.41. The van der Waals surface area contributed by atoms with E-state index in [2.05, 4.69) is 6.58 Å². The molecule has 3 heterocycles. The molecule has 2 aromatic carbocycles. The minimum Gasteiger partial charge on any atom is -0.508 e. The van der Waals surface area contributed by atoms with E-state index in [0.717, 1.165) is 18.1 Å². The number of carboxylic acids is 1. The van der Waals surface area contributed by atoms with E-state index in [4.69, 9.17) is 24.1 Å². The van der Waals surface area contributed by atoms with Crippen molar-refractivity contribution in [3.63, 3.8) is 0 Å². The molecule has 3 aliphatic heterocycles. The molecule has 0 bridgehead atoms. The van der Waals surface area contributed by atoms with E-state index < -0.39 is 79.2 Å². The van der Waals surface area contributed by atoms with Crippen molar-refractivity contribution in [1.29, 1.82) is 0 Å². The number of carbonyl (C=O) groups is 2. The molecular weight excluding hydrogens is 604 g/mol. The molecule has 0 radical (unpaired) electrons. The molecule has 2 fully saturated rings. The smallest absolute Gasteiger partial charge is 0.329 e. The first kappa shape index (κ1) is 33.6. The van der Waals surface area contributed by atoms with Gasteiger partial charge in [0.1, 0.15) is 53.5 Å². The summed E-state index contributed by atoms with van der Waals surface area (Å²) in [6, 6.07) is 5.71. The maximum Gasteiger partial charge on any atom is 0.329 e. The van der Waals surface area contributed by atoms with E-state index >= 15 is 0 Å². The van der Waals surface area contributed by atoms with Crippen LogP contribution in [0.5, 0.6) is 23.0 Å². The first-order chi connectivity index (χ1) is 21.9. The zero-order valence-corrected chi connectivity index (χ0v) is 25.4. The summed E-state index contributed by atoms with van der Waals surface area (Å²) in [6.07, 6.45) is -5.01. The molecule has 46 heavy (non-hydrogen) atoms. The van der Waals surface area contributed by atoms with Gasteiger partial charge in [0, 0.05) is 12.5 Å². The van der Waals surface area contributed by atoms with Crippen LogP contribution in [0.4, 0.5) is 0 Å². The molecular formula is C33H40O13. The average molecular weight is 645 g/mol. The van der Waals surface area contributed by atoms with Gasteiger partial charge in [0.25, 0.3) is 0 Å². The predicted octanol–water partition coefficient (Wildman–Crippen LogP) is 2.58. The summed E-state index contributed by atoms with van der Waals surface area (Å²) in [5, 5.41) is 72.1. The first-order valence-corrected chi connectivity index (χ1v) is 15.2. The normalized spacial score (nSPS) is 29.5. The van der Waals surface area contributed by atoms with Gasteiger partial charge in [0.05, 0.1) is 49.1 Å². The monoisotopic (exact) mass is 644 g/mol. The van der Waals surface area contributed by atoms with E-state index in [1.807, 2.05) is 6.92 Å². The summed E-state index contributed by atoms with van der Waals surface area (Å²) in [6.45, 7) is 4.69. The van der Waals surface area contributed by atoms with Crippen LogP contribution in [0.1, 0.15) is 78.3 Å². The Hall–Kier alpha value is -3.72. The van der Waals surface area contributed by atoms with E-state index in [1.54, 1.807) is 12.1 Å². The van der Waals surface area contributed by atoms with Gasteiger partial charge < -0.3 is 54.7 Å². The molecule has 7 N–H and O–H groups in total. The van der Waals surface area contributed by atoms with Gasteiger partial charge in [0.2, 0.25) is 0 Å². The fourth-order valence-electron chi connectivity index (χ4n) is 6.41. The molecule has 0 amide bonds. The highest BCUT2D eigenvalue weighted by Crippen LogP contribution is 2.50. The zero-order valence-electron chi connectivity index (χ0n) is 25.4. The lowest BCUT2D eigenvalue weighted by Crippen LogP contribution is -2.49. The number of aliphatic carboxylic acids is 1. The number of carboxylic acid groups (broad SMARTS) is 1. The van der Waals surface area contributed by atoms with Crippen molar-refractivity contribution >= 4 is 11.8 Å². The third kappa shape index (κ3) is 7.14. The van der Waals surface area contributed by atoms with Gasteiger partial charge in [-0.25, -0.2) is 4.79 Å². The minimum atomic E-state index is -1.38. The molecule has 250 valence electrons. The maximum atomic E-state index is 13.4. The number of phenolic OH excluding ortho intramolecular Hbond substituents is 3. The number of aromatic hydroxyl groups is 3. The van der Waals surface area contributed by atoms with Crippen LogP contribution >= 0.6 is 0 Å². The molecule has 13 nitrogen and oxygen atoms in total. The summed E-state index contributed by atoms with van der Waals surface area (Å²) in [5.74, 6) is -2.93. The molecule has 7 unspecified atom stereocenters. The van der Waals surface area contributed by atoms with Crippen molar-refractivity contribution in [2.45, 2.75) is 94.3 Å². The Bertz CT molecular complexity index is 1470. The largest absolute Gasteiger partial charge is 0.508 e. The summed E-state index contributed by atoms with van der Waals surface area (Å²) in [4.78, 5) is 24.5. The number of benzene rings is 2. The number of ether oxygens (including phenoxy) is 4. The van der Waals surface area contributed by atoms with Crippen molar-refractivity contribution in [1.82, 2.24) is 0 Å². The Morgan fingerprint density at radius 3 is 2.50 bits per heavy atom. The van der Waals surface area contributed by atoms with Gasteiger partial charge in [-0.2, -0.15) is 0 Å². The summed E-state index contributed by atoms with van der Waals surface area (Å²) >= 11 is 0. The highest BCUT2D eigenvalue weighted by Gasteiger charge is 2.43. The highest BCUT2D eigenvalue weighted by molar-refractivity contribution is 6.03. The van der Waals surface area contributed by atoms with Crippen LogP contribution in [0.3, 0.4) is 0 Å². The molecule has 0 aliphatic carbocycles.